The molecular formula is C21H28FN3O2. The number of anilines is 1. The molecule has 1 heterocycles. The Labute approximate surface area is 160 Å². The zero-order valence-electron chi connectivity index (χ0n) is 16.4. The molecular weight excluding hydrogens is 345 g/mol. The summed E-state index contributed by atoms with van der Waals surface area (Å²) in [6.45, 7) is 9.10. The highest BCUT2D eigenvalue weighted by Crippen LogP contribution is 2.35. The van der Waals surface area contributed by atoms with Crippen molar-refractivity contribution in [3.63, 3.8) is 0 Å². The van der Waals surface area contributed by atoms with E-state index in [0.717, 1.165) is 30.6 Å². The van der Waals surface area contributed by atoms with Crippen molar-refractivity contribution in [3.8, 4) is 11.5 Å². The maximum absolute atomic E-state index is 15.1. The number of nitrogens with one attached hydrogen (secondary N) is 1. The molecule has 27 heavy (non-hydrogen) atoms. The highest BCUT2D eigenvalue weighted by molar-refractivity contribution is 5.90. The van der Waals surface area contributed by atoms with Gasteiger partial charge in [0.05, 0.1) is 6.20 Å². The lowest BCUT2D eigenvalue weighted by Gasteiger charge is -2.19. The standard InChI is InChI=1S/C21H28FN3O2/c1-5-14-11-18(27-15-7-8-17(21(23)26)25-12-15)19(22)16(6-2)20(14)24-10-9-13(3)4/h7-8,11-13,24H,5-6,9-10H2,1-4H3,(H2,23,26). The number of primary amides is 1. The molecule has 1 aromatic carbocycles. The molecule has 0 saturated carbocycles. The third kappa shape index (κ3) is 5.18. The second-order valence-corrected chi connectivity index (χ2v) is 6.86. The van der Waals surface area contributed by atoms with Crippen LogP contribution in [0.1, 0.15) is 55.7 Å². The first-order valence-electron chi connectivity index (χ1n) is 9.39. The first kappa shape index (κ1) is 20.7. The minimum atomic E-state index is -0.619. The number of carbonyl (C=O) groups is 1. The van der Waals surface area contributed by atoms with Gasteiger partial charge in [-0.1, -0.05) is 27.7 Å². The molecule has 1 aromatic heterocycles. The summed E-state index contributed by atoms with van der Waals surface area (Å²) < 4.78 is 20.8. The molecule has 5 nitrogen and oxygen atoms in total. The van der Waals surface area contributed by atoms with Crippen molar-refractivity contribution in [3.05, 3.63) is 47.0 Å². The number of nitrogens with two attached hydrogens (primary N) is 1. The maximum Gasteiger partial charge on any atom is 0.267 e. The van der Waals surface area contributed by atoms with Gasteiger partial charge in [-0.2, -0.15) is 0 Å². The van der Waals surface area contributed by atoms with Crippen molar-refractivity contribution in [2.24, 2.45) is 11.7 Å². The van der Waals surface area contributed by atoms with Gasteiger partial charge in [0.15, 0.2) is 11.6 Å². The van der Waals surface area contributed by atoms with E-state index >= 15 is 4.39 Å². The average Bonchev–Trinajstić information content (AvgIpc) is 2.64. The Kier molecular flexibility index (Phi) is 7.16. The van der Waals surface area contributed by atoms with Gasteiger partial charge in [-0.05, 0) is 48.9 Å². The molecule has 0 atom stereocenters. The second-order valence-electron chi connectivity index (χ2n) is 6.86. The summed E-state index contributed by atoms with van der Waals surface area (Å²) in [5, 5.41) is 3.41. The minimum absolute atomic E-state index is 0.135. The molecule has 0 bridgehead atoms. The van der Waals surface area contributed by atoms with Crippen LogP contribution in [0.3, 0.4) is 0 Å². The molecule has 0 radical (unpaired) electrons. The van der Waals surface area contributed by atoms with Gasteiger partial charge in [0.25, 0.3) is 5.91 Å². The molecule has 2 rings (SSSR count). The zero-order valence-corrected chi connectivity index (χ0v) is 16.4. The lowest BCUT2D eigenvalue weighted by atomic mass is 10.0. The van der Waals surface area contributed by atoms with E-state index < -0.39 is 5.91 Å². The number of hydrogen-bond donors (Lipinski definition) is 2. The molecule has 0 saturated heterocycles. The lowest BCUT2D eigenvalue weighted by Crippen LogP contribution is -2.12. The number of aromatic nitrogens is 1. The molecule has 146 valence electrons. The Morgan fingerprint density at radius 2 is 2.04 bits per heavy atom. The molecule has 0 aliphatic rings. The number of hydrogen-bond acceptors (Lipinski definition) is 4. The first-order chi connectivity index (χ1) is 12.9. The lowest BCUT2D eigenvalue weighted by molar-refractivity contribution is 0.0995. The minimum Gasteiger partial charge on any atom is -0.453 e. The van der Waals surface area contributed by atoms with Crippen molar-refractivity contribution >= 4 is 11.6 Å². The first-order valence-corrected chi connectivity index (χ1v) is 9.39. The molecule has 0 unspecified atom stereocenters. The average molecular weight is 373 g/mol. The Bertz CT molecular complexity index is 789. The van der Waals surface area contributed by atoms with Crippen molar-refractivity contribution < 1.29 is 13.9 Å². The highest BCUT2D eigenvalue weighted by atomic mass is 19.1. The summed E-state index contributed by atoms with van der Waals surface area (Å²) in [6, 6.07) is 4.74. The van der Waals surface area contributed by atoms with Gasteiger partial charge < -0.3 is 15.8 Å². The van der Waals surface area contributed by atoms with Crippen LogP contribution < -0.4 is 15.8 Å². The van der Waals surface area contributed by atoms with Crippen LogP contribution in [-0.2, 0) is 12.8 Å². The molecule has 0 fully saturated rings. The number of amides is 1. The summed E-state index contributed by atoms with van der Waals surface area (Å²) in [4.78, 5) is 15.0. The number of aryl methyl sites for hydroxylation is 1. The fourth-order valence-electron chi connectivity index (χ4n) is 2.85. The van der Waals surface area contributed by atoms with Crippen LogP contribution >= 0.6 is 0 Å². The number of benzene rings is 1. The second kappa shape index (κ2) is 9.35. The van der Waals surface area contributed by atoms with Crippen molar-refractivity contribution in [1.82, 2.24) is 4.98 Å². The van der Waals surface area contributed by atoms with Crippen LogP contribution in [0.5, 0.6) is 11.5 Å². The number of nitrogens with zero attached hydrogens (tertiary/aromatic N) is 1. The molecule has 0 spiro atoms. The largest absolute Gasteiger partial charge is 0.453 e. The number of carbonyl (C=O) groups excluding carboxylic acids is 1. The monoisotopic (exact) mass is 373 g/mol. The van der Waals surface area contributed by atoms with Crippen LogP contribution in [-0.4, -0.2) is 17.4 Å². The molecule has 0 aliphatic carbocycles. The topological polar surface area (TPSA) is 77.2 Å². The molecule has 6 heteroatoms. The summed E-state index contributed by atoms with van der Waals surface area (Å²) in [6.07, 6.45) is 3.70. The van der Waals surface area contributed by atoms with Gasteiger partial charge in [0.2, 0.25) is 0 Å². The van der Waals surface area contributed by atoms with Crippen molar-refractivity contribution in [2.45, 2.75) is 47.0 Å². The summed E-state index contributed by atoms with van der Waals surface area (Å²) >= 11 is 0. The Morgan fingerprint density at radius 1 is 1.30 bits per heavy atom. The van der Waals surface area contributed by atoms with Crippen LogP contribution in [0.25, 0.3) is 0 Å². The van der Waals surface area contributed by atoms with E-state index in [4.69, 9.17) is 10.5 Å². The normalized spacial score (nSPS) is 10.9. The smallest absolute Gasteiger partial charge is 0.267 e. The molecule has 1 amide bonds. The van der Waals surface area contributed by atoms with Crippen LogP contribution in [0.4, 0.5) is 10.1 Å². The number of rotatable bonds is 9. The van der Waals surface area contributed by atoms with E-state index in [-0.39, 0.29) is 17.3 Å². The van der Waals surface area contributed by atoms with Crippen molar-refractivity contribution in [1.29, 1.82) is 0 Å². The summed E-state index contributed by atoms with van der Waals surface area (Å²) in [5.74, 6) is 0.0954. The molecule has 0 aliphatic heterocycles. The van der Waals surface area contributed by atoms with Crippen LogP contribution in [0.15, 0.2) is 24.4 Å². The van der Waals surface area contributed by atoms with Gasteiger partial charge in [-0.25, -0.2) is 9.37 Å². The number of pyridine rings is 1. The number of halogens is 1. The van der Waals surface area contributed by atoms with E-state index in [1.165, 1.54) is 12.3 Å². The summed E-state index contributed by atoms with van der Waals surface area (Å²) in [7, 11) is 0. The third-order valence-corrected chi connectivity index (χ3v) is 4.38. The van der Waals surface area contributed by atoms with E-state index in [9.17, 15) is 4.79 Å². The van der Waals surface area contributed by atoms with Gasteiger partial charge >= 0.3 is 0 Å². The number of ether oxygens (including phenoxy) is 1. The zero-order chi connectivity index (χ0) is 20.0. The Balaban J connectivity index is 2.32. The van der Waals surface area contributed by atoms with E-state index in [0.29, 0.717) is 23.7 Å². The van der Waals surface area contributed by atoms with Gasteiger partial charge in [-0.15, -0.1) is 0 Å². The van der Waals surface area contributed by atoms with E-state index in [2.05, 4.69) is 24.1 Å². The van der Waals surface area contributed by atoms with Crippen LogP contribution in [0.2, 0.25) is 0 Å². The van der Waals surface area contributed by atoms with Crippen LogP contribution in [0, 0.1) is 11.7 Å². The highest BCUT2D eigenvalue weighted by Gasteiger charge is 2.18. The van der Waals surface area contributed by atoms with Crippen molar-refractivity contribution in [2.75, 3.05) is 11.9 Å². The fourth-order valence-corrected chi connectivity index (χ4v) is 2.85. The Hall–Kier alpha value is -2.63. The van der Waals surface area contributed by atoms with Gasteiger partial charge in [0.1, 0.15) is 11.4 Å². The maximum atomic E-state index is 15.1. The molecule has 3 N–H and O–H groups in total. The van der Waals surface area contributed by atoms with Gasteiger partial charge in [0, 0.05) is 17.8 Å². The van der Waals surface area contributed by atoms with E-state index in [1.54, 1.807) is 12.1 Å². The quantitative estimate of drug-likeness (QED) is 0.668. The fraction of sp³-hybridized carbons (Fsp3) is 0.429. The predicted octanol–water partition coefficient (Wildman–Crippen LogP) is 4.69. The van der Waals surface area contributed by atoms with Gasteiger partial charge in [-0.3, -0.25) is 4.79 Å². The Morgan fingerprint density at radius 3 is 2.56 bits per heavy atom. The SMILES string of the molecule is CCc1cc(Oc2ccc(C(N)=O)nc2)c(F)c(CC)c1NCCC(C)C. The summed E-state index contributed by atoms with van der Waals surface area (Å²) in [5.41, 5.74) is 7.81. The third-order valence-electron chi connectivity index (χ3n) is 4.38. The predicted molar refractivity (Wildman–Crippen MR) is 106 cm³/mol. The van der Waals surface area contributed by atoms with E-state index in [1.807, 2.05) is 13.8 Å². The molecule has 2 aromatic rings.